The predicted molar refractivity (Wildman–Crippen MR) is 91.5 cm³/mol. The Kier molecular flexibility index (Phi) is 3.47. The van der Waals surface area contributed by atoms with E-state index in [0.29, 0.717) is 22.0 Å². The minimum absolute atomic E-state index is 0.0818. The SMILES string of the molecule is O=C(O)c1cc2c(cn1)[nH]c1cccc(Oc3ccc([N+](=O)[O-])cn3)c12. The fourth-order valence-corrected chi connectivity index (χ4v) is 2.68. The second kappa shape index (κ2) is 5.81. The van der Waals surface area contributed by atoms with E-state index in [1.807, 2.05) is 6.07 Å². The van der Waals surface area contributed by atoms with Crippen LogP contribution in [0.4, 0.5) is 5.69 Å². The third-order valence-corrected chi connectivity index (χ3v) is 3.83. The van der Waals surface area contributed by atoms with E-state index >= 15 is 0 Å². The average molecular weight is 350 g/mol. The number of pyridine rings is 2. The zero-order valence-corrected chi connectivity index (χ0v) is 13.0. The topological polar surface area (TPSA) is 131 Å². The summed E-state index contributed by atoms with van der Waals surface area (Å²) in [6, 6.07) is 9.46. The molecule has 0 aliphatic carbocycles. The van der Waals surface area contributed by atoms with Gasteiger partial charge < -0.3 is 14.8 Å². The molecule has 0 amide bonds. The third kappa shape index (κ3) is 2.57. The number of rotatable bonds is 4. The Bertz CT molecular complexity index is 1170. The van der Waals surface area contributed by atoms with Crippen molar-refractivity contribution in [2.75, 3.05) is 0 Å². The molecule has 3 heterocycles. The molecule has 1 aromatic carbocycles. The van der Waals surface area contributed by atoms with Crippen LogP contribution in [0.5, 0.6) is 11.6 Å². The Morgan fingerprint density at radius 2 is 2.00 bits per heavy atom. The number of nitrogens with zero attached hydrogens (tertiary/aromatic N) is 3. The molecule has 0 spiro atoms. The quantitative estimate of drug-likeness (QED) is 0.425. The molecule has 0 saturated heterocycles. The van der Waals surface area contributed by atoms with Crippen LogP contribution in [0.15, 0.2) is 48.8 Å². The number of nitro groups is 1. The summed E-state index contributed by atoms with van der Waals surface area (Å²) >= 11 is 0. The molecule has 0 aliphatic rings. The van der Waals surface area contributed by atoms with Crippen LogP contribution in [-0.2, 0) is 0 Å². The van der Waals surface area contributed by atoms with E-state index in [-0.39, 0.29) is 17.3 Å². The summed E-state index contributed by atoms with van der Waals surface area (Å²) in [5.41, 5.74) is 1.18. The van der Waals surface area contributed by atoms with Crippen molar-refractivity contribution in [3.05, 3.63) is 64.6 Å². The smallest absolute Gasteiger partial charge is 0.354 e. The standard InChI is InChI=1S/C17H10N4O5/c22-17(23)12-6-10-13(8-18-12)20-11-2-1-3-14(16(10)11)26-15-5-4-9(7-19-15)21(24)25/h1-8,20H,(H,22,23). The fraction of sp³-hybridized carbons (Fsp3) is 0. The number of aromatic carboxylic acids is 1. The number of ether oxygens (including phenoxy) is 1. The van der Waals surface area contributed by atoms with Gasteiger partial charge in [-0.1, -0.05) is 6.07 Å². The van der Waals surface area contributed by atoms with E-state index in [1.165, 1.54) is 24.4 Å². The monoisotopic (exact) mass is 350 g/mol. The molecular weight excluding hydrogens is 340 g/mol. The lowest BCUT2D eigenvalue weighted by atomic mass is 10.1. The molecule has 9 nitrogen and oxygen atoms in total. The first-order chi connectivity index (χ1) is 12.5. The minimum atomic E-state index is -1.13. The maximum Gasteiger partial charge on any atom is 0.354 e. The summed E-state index contributed by atoms with van der Waals surface area (Å²) < 4.78 is 5.77. The van der Waals surface area contributed by atoms with Gasteiger partial charge >= 0.3 is 5.97 Å². The van der Waals surface area contributed by atoms with Crippen molar-refractivity contribution in [2.24, 2.45) is 0 Å². The van der Waals surface area contributed by atoms with Crippen LogP contribution in [0.25, 0.3) is 21.8 Å². The molecule has 0 saturated carbocycles. The lowest BCUT2D eigenvalue weighted by Crippen LogP contribution is -1.98. The van der Waals surface area contributed by atoms with Gasteiger partial charge in [0.15, 0.2) is 0 Å². The summed E-state index contributed by atoms with van der Waals surface area (Å²) in [5.74, 6) is -0.501. The molecule has 0 unspecified atom stereocenters. The molecule has 4 aromatic rings. The molecule has 4 rings (SSSR count). The number of hydrogen-bond donors (Lipinski definition) is 2. The van der Waals surface area contributed by atoms with E-state index in [9.17, 15) is 14.9 Å². The van der Waals surface area contributed by atoms with Gasteiger partial charge in [-0.05, 0) is 18.2 Å². The molecule has 3 aromatic heterocycles. The van der Waals surface area contributed by atoms with Gasteiger partial charge in [-0.3, -0.25) is 10.1 Å². The Balaban J connectivity index is 1.83. The van der Waals surface area contributed by atoms with Crippen LogP contribution in [0.2, 0.25) is 0 Å². The van der Waals surface area contributed by atoms with E-state index in [2.05, 4.69) is 15.0 Å². The molecule has 0 atom stereocenters. The van der Waals surface area contributed by atoms with Crippen molar-refractivity contribution < 1.29 is 19.6 Å². The number of nitrogens with one attached hydrogen (secondary N) is 1. The van der Waals surface area contributed by atoms with Crippen LogP contribution in [0, 0.1) is 10.1 Å². The molecule has 9 heteroatoms. The Morgan fingerprint density at radius 3 is 2.69 bits per heavy atom. The molecular formula is C17H10N4O5. The van der Waals surface area contributed by atoms with Crippen LogP contribution in [0.3, 0.4) is 0 Å². The van der Waals surface area contributed by atoms with E-state index < -0.39 is 10.9 Å². The number of aromatic amines is 1. The largest absolute Gasteiger partial charge is 0.477 e. The van der Waals surface area contributed by atoms with Crippen LogP contribution >= 0.6 is 0 Å². The minimum Gasteiger partial charge on any atom is -0.477 e. The van der Waals surface area contributed by atoms with Crippen LogP contribution < -0.4 is 4.74 Å². The summed E-state index contributed by atoms with van der Waals surface area (Å²) in [4.78, 5) is 32.3. The highest BCUT2D eigenvalue weighted by Gasteiger charge is 2.14. The summed E-state index contributed by atoms with van der Waals surface area (Å²) in [6.45, 7) is 0. The molecule has 26 heavy (non-hydrogen) atoms. The van der Waals surface area contributed by atoms with Gasteiger partial charge in [0, 0.05) is 17.5 Å². The van der Waals surface area contributed by atoms with Crippen LogP contribution in [0.1, 0.15) is 10.5 Å². The predicted octanol–water partition coefficient (Wildman–Crippen LogP) is 3.51. The zero-order chi connectivity index (χ0) is 18.3. The highest BCUT2D eigenvalue weighted by atomic mass is 16.6. The molecule has 0 radical (unpaired) electrons. The first-order valence-corrected chi connectivity index (χ1v) is 7.45. The van der Waals surface area contributed by atoms with Crippen molar-refractivity contribution in [3.8, 4) is 11.6 Å². The molecule has 128 valence electrons. The average Bonchev–Trinajstić information content (AvgIpc) is 3.00. The van der Waals surface area contributed by atoms with E-state index in [1.54, 1.807) is 12.1 Å². The van der Waals surface area contributed by atoms with Crippen molar-refractivity contribution in [2.45, 2.75) is 0 Å². The first kappa shape index (κ1) is 15.5. The number of carboxylic acids is 1. The van der Waals surface area contributed by atoms with Gasteiger partial charge in [0.05, 0.1) is 27.5 Å². The number of hydrogen-bond acceptors (Lipinski definition) is 6. The number of fused-ring (bicyclic) bond motifs is 3. The van der Waals surface area contributed by atoms with Crippen molar-refractivity contribution in [1.29, 1.82) is 0 Å². The molecule has 0 fully saturated rings. The second-order valence-corrected chi connectivity index (χ2v) is 5.44. The van der Waals surface area contributed by atoms with Gasteiger partial charge in [0.2, 0.25) is 5.88 Å². The first-order valence-electron chi connectivity index (χ1n) is 7.45. The summed E-state index contributed by atoms with van der Waals surface area (Å²) in [6.07, 6.45) is 2.56. The molecule has 2 N–H and O–H groups in total. The van der Waals surface area contributed by atoms with Gasteiger partial charge in [-0.2, -0.15) is 0 Å². The fourth-order valence-electron chi connectivity index (χ4n) is 2.68. The van der Waals surface area contributed by atoms with Crippen molar-refractivity contribution in [3.63, 3.8) is 0 Å². The Labute approximate surface area is 145 Å². The number of carbonyl (C=O) groups is 1. The Morgan fingerprint density at radius 1 is 1.15 bits per heavy atom. The molecule has 0 aliphatic heterocycles. The van der Waals surface area contributed by atoms with Gasteiger partial charge in [0.1, 0.15) is 17.6 Å². The van der Waals surface area contributed by atoms with Gasteiger partial charge in [-0.25, -0.2) is 14.8 Å². The van der Waals surface area contributed by atoms with Gasteiger partial charge in [-0.15, -0.1) is 0 Å². The summed E-state index contributed by atoms with van der Waals surface area (Å²) in [5, 5.41) is 21.2. The molecule has 0 bridgehead atoms. The van der Waals surface area contributed by atoms with E-state index in [0.717, 1.165) is 11.7 Å². The summed E-state index contributed by atoms with van der Waals surface area (Å²) in [7, 11) is 0. The zero-order valence-electron chi connectivity index (χ0n) is 13.0. The number of carboxylic acid groups (broad SMARTS) is 1. The van der Waals surface area contributed by atoms with E-state index in [4.69, 9.17) is 9.84 Å². The van der Waals surface area contributed by atoms with Crippen molar-refractivity contribution >= 4 is 33.5 Å². The van der Waals surface area contributed by atoms with Gasteiger partial charge in [0.25, 0.3) is 5.69 Å². The number of benzene rings is 1. The normalized spacial score (nSPS) is 10.9. The highest BCUT2D eigenvalue weighted by molar-refractivity contribution is 6.11. The lowest BCUT2D eigenvalue weighted by molar-refractivity contribution is -0.385. The third-order valence-electron chi connectivity index (χ3n) is 3.83. The second-order valence-electron chi connectivity index (χ2n) is 5.44. The van der Waals surface area contributed by atoms with Crippen LogP contribution in [-0.4, -0.2) is 31.0 Å². The maximum absolute atomic E-state index is 11.2. The van der Waals surface area contributed by atoms with Crippen molar-refractivity contribution in [1.82, 2.24) is 15.0 Å². The number of H-pyrrole nitrogens is 1. The highest BCUT2D eigenvalue weighted by Crippen LogP contribution is 2.35. The Hall–Kier alpha value is -4.01. The number of aromatic nitrogens is 3. The lowest BCUT2D eigenvalue weighted by Gasteiger charge is -2.06. The maximum atomic E-state index is 11.2.